The third-order valence-corrected chi connectivity index (χ3v) is 3.82. The van der Waals surface area contributed by atoms with Gasteiger partial charge in [0.2, 0.25) is 0 Å². The first-order chi connectivity index (χ1) is 10.9. The van der Waals surface area contributed by atoms with E-state index in [1.165, 1.54) is 37.8 Å². The van der Waals surface area contributed by atoms with Gasteiger partial charge in [-0.25, -0.2) is 0 Å². The summed E-state index contributed by atoms with van der Waals surface area (Å²) in [7, 11) is -4.02. The highest BCUT2D eigenvalue weighted by Gasteiger charge is 2.06. The Balaban J connectivity index is 0.000000422. The molecule has 0 saturated carbocycles. The summed E-state index contributed by atoms with van der Waals surface area (Å²) in [6.07, 6.45) is 17.7. The number of aryl methyl sites for hydroxylation is 1. The van der Waals surface area contributed by atoms with Crippen LogP contribution < -0.4 is 0 Å². The highest BCUT2D eigenvalue weighted by atomic mass is 32.2. The number of rotatable bonds is 7. The van der Waals surface area contributed by atoms with Crippen LogP contribution in [0.5, 0.6) is 0 Å². The average Bonchev–Trinajstić information content (AvgIpc) is 2.50. The van der Waals surface area contributed by atoms with Gasteiger partial charge in [-0.1, -0.05) is 73.9 Å². The SMILES string of the molecule is CC=CC=CC=CCCCCC.Cc1ccc(S(=O)(=O)O)cc1. The molecule has 1 N–H and O–H groups in total. The van der Waals surface area contributed by atoms with E-state index in [1.54, 1.807) is 12.1 Å². The van der Waals surface area contributed by atoms with E-state index in [2.05, 4.69) is 31.2 Å². The van der Waals surface area contributed by atoms with Gasteiger partial charge in [0.1, 0.15) is 0 Å². The van der Waals surface area contributed by atoms with Crippen molar-refractivity contribution < 1.29 is 13.0 Å². The lowest BCUT2D eigenvalue weighted by atomic mass is 10.2. The minimum absolute atomic E-state index is 0.0666. The van der Waals surface area contributed by atoms with Crippen molar-refractivity contribution in [3.05, 3.63) is 66.3 Å². The summed E-state index contributed by atoms with van der Waals surface area (Å²) in [6.45, 7) is 6.10. The smallest absolute Gasteiger partial charge is 0.282 e. The molecule has 0 aromatic heterocycles. The van der Waals surface area contributed by atoms with Crippen molar-refractivity contribution in [1.82, 2.24) is 0 Å². The first-order valence-corrected chi connectivity index (χ1v) is 9.34. The molecule has 4 heteroatoms. The van der Waals surface area contributed by atoms with E-state index in [9.17, 15) is 8.42 Å². The molecule has 0 aliphatic rings. The van der Waals surface area contributed by atoms with Crippen molar-refractivity contribution in [2.75, 3.05) is 0 Å². The van der Waals surface area contributed by atoms with Crippen molar-refractivity contribution >= 4 is 10.1 Å². The monoisotopic (exact) mass is 336 g/mol. The Morgan fingerprint density at radius 1 is 1.00 bits per heavy atom. The number of unbranched alkanes of at least 4 members (excludes halogenated alkanes) is 3. The van der Waals surface area contributed by atoms with Crippen molar-refractivity contribution in [1.29, 1.82) is 0 Å². The standard InChI is InChI=1S/C12H20.C7H8O3S/c1-3-5-7-9-11-12-10-8-6-4-2;1-6-2-4-7(5-3-6)11(8,9)10/h3,5,7,9,11-12H,4,6,8,10H2,1-2H3;2-5H,1H3,(H,8,9,10). The minimum Gasteiger partial charge on any atom is -0.282 e. The van der Waals surface area contributed by atoms with Crippen LogP contribution in [0.25, 0.3) is 0 Å². The van der Waals surface area contributed by atoms with Gasteiger partial charge in [-0.3, -0.25) is 4.55 Å². The lowest BCUT2D eigenvalue weighted by Gasteiger charge is -1.95. The Morgan fingerprint density at radius 2 is 1.61 bits per heavy atom. The molecule has 1 aromatic carbocycles. The number of benzene rings is 1. The molecule has 0 bridgehead atoms. The van der Waals surface area contributed by atoms with Gasteiger partial charge in [0.15, 0.2) is 0 Å². The third-order valence-electron chi connectivity index (χ3n) is 2.96. The lowest BCUT2D eigenvalue weighted by molar-refractivity contribution is 0.483. The maximum absolute atomic E-state index is 10.5. The Kier molecular flexibility index (Phi) is 11.9. The number of hydrogen-bond donors (Lipinski definition) is 1. The van der Waals surface area contributed by atoms with Gasteiger partial charge < -0.3 is 0 Å². The zero-order valence-electron chi connectivity index (χ0n) is 14.3. The molecule has 0 saturated heterocycles. The molecule has 0 atom stereocenters. The van der Waals surface area contributed by atoms with Crippen LogP contribution in [0, 0.1) is 6.92 Å². The Labute approximate surface area is 141 Å². The van der Waals surface area contributed by atoms with Crippen LogP contribution in [0.4, 0.5) is 0 Å². The molecule has 0 fully saturated rings. The zero-order valence-corrected chi connectivity index (χ0v) is 15.1. The molecular weight excluding hydrogens is 308 g/mol. The normalized spacial score (nSPS) is 12.0. The molecule has 1 rings (SSSR count). The second kappa shape index (κ2) is 12.9. The molecule has 0 spiro atoms. The van der Waals surface area contributed by atoms with E-state index in [1.807, 2.05) is 26.0 Å². The maximum Gasteiger partial charge on any atom is 0.294 e. The van der Waals surface area contributed by atoms with E-state index < -0.39 is 10.1 Å². The largest absolute Gasteiger partial charge is 0.294 e. The summed E-state index contributed by atoms with van der Waals surface area (Å²) in [4.78, 5) is -0.0666. The highest BCUT2D eigenvalue weighted by Crippen LogP contribution is 2.08. The van der Waals surface area contributed by atoms with Crippen LogP contribution >= 0.6 is 0 Å². The van der Waals surface area contributed by atoms with Crippen molar-refractivity contribution in [2.45, 2.75) is 51.3 Å². The van der Waals surface area contributed by atoms with Crippen molar-refractivity contribution in [3.63, 3.8) is 0 Å². The Bertz CT molecular complexity index is 594. The summed E-state index contributed by atoms with van der Waals surface area (Å²) in [5.41, 5.74) is 0.956. The molecule has 0 unspecified atom stereocenters. The highest BCUT2D eigenvalue weighted by molar-refractivity contribution is 7.85. The average molecular weight is 336 g/mol. The quantitative estimate of drug-likeness (QED) is 0.406. The Hall–Kier alpha value is -1.65. The third kappa shape index (κ3) is 12.6. The van der Waals surface area contributed by atoms with E-state index in [-0.39, 0.29) is 4.90 Å². The molecule has 23 heavy (non-hydrogen) atoms. The van der Waals surface area contributed by atoms with Gasteiger partial charge in [-0.15, -0.1) is 0 Å². The summed E-state index contributed by atoms with van der Waals surface area (Å²) < 4.78 is 29.6. The fraction of sp³-hybridized carbons (Fsp3) is 0.368. The number of hydrogen-bond acceptors (Lipinski definition) is 2. The summed E-state index contributed by atoms with van der Waals surface area (Å²) in [6, 6.07) is 5.99. The molecule has 3 nitrogen and oxygen atoms in total. The van der Waals surface area contributed by atoms with Crippen LogP contribution in [0.1, 0.15) is 45.1 Å². The van der Waals surface area contributed by atoms with Gasteiger partial charge in [0.25, 0.3) is 10.1 Å². The number of allylic oxidation sites excluding steroid dienone is 6. The molecule has 0 radical (unpaired) electrons. The zero-order chi connectivity index (χ0) is 17.6. The second-order valence-electron chi connectivity index (χ2n) is 5.12. The van der Waals surface area contributed by atoms with Crippen LogP contribution in [-0.4, -0.2) is 13.0 Å². The van der Waals surface area contributed by atoms with Crippen molar-refractivity contribution in [2.24, 2.45) is 0 Å². The molecule has 0 aliphatic carbocycles. The van der Waals surface area contributed by atoms with E-state index >= 15 is 0 Å². The minimum atomic E-state index is -4.02. The second-order valence-corrected chi connectivity index (χ2v) is 6.54. The Morgan fingerprint density at radius 3 is 2.13 bits per heavy atom. The molecular formula is C19H28O3S. The van der Waals surface area contributed by atoms with Crippen molar-refractivity contribution in [3.8, 4) is 0 Å². The van der Waals surface area contributed by atoms with E-state index in [4.69, 9.17) is 4.55 Å². The molecule has 0 amide bonds. The van der Waals surface area contributed by atoms with Gasteiger partial charge in [-0.2, -0.15) is 8.42 Å². The lowest BCUT2D eigenvalue weighted by Crippen LogP contribution is -1.96. The van der Waals surface area contributed by atoms with Gasteiger partial charge in [0.05, 0.1) is 4.90 Å². The van der Waals surface area contributed by atoms with E-state index in [0.29, 0.717) is 0 Å². The first kappa shape index (κ1) is 21.4. The topological polar surface area (TPSA) is 54.4 Å². The fourth-order valence-corrected chi connectivity index (χ4v) is 2.12. The molecule has 1 aromatic rings. The van der Waals surface area contributed by atoms with Crippen LogP contribution in [0.3, 0.4) is 0 Å². The van der Waals surface area contributed by atoms with Gasteiger partial charge in [-0.05, 0) is 38.8 Å². The predicted octanol–water partition coefficient (Wildman–Crippen LogP) is 5.50. The molecule has 0 aliphatic heterocycles. The summed E-state index contributed by atoms with van der Waals surface area (Å²) in [5, 5.41) is 0. The van der Waals surface area contributed by atoms with E-state index in [0.717, 1.165) is 5.56 Å². The van der Waals surface area contributed by atoms with Crippen LogP contribution in [0.15, 0.2) is 65.6 Å². The predicted molar refractivity (Wildman–Crippen MR) is 98.2 cm³/mol. The van der Waals surface area contributed by atoms with Gasteiger partial charge in [0, 0.05) is 0 Å². The summed E-state index contributed by atoms with van der Waals surface area (Å²) in [5.74, 6) is 0. The fourth-order valence-electron chi connectivity index (χ4n) is 1.64. The van der Waals surface area contributed by atoms with Crippen LogP contribution in [-0.2, 0) is 10.1 Å². The molecule has 128 valence electrons. The van der Waals surface area contributed by atoms with Gasteiger partial charge >= 0.3 is 0 Å². The molecule has 0 heterocycles. The van der Waals surface area contributed by atoms with Crippen LogP contribution in [0.2, 0.25) is 0 Å². The maximum atomic E-state index is 10.5. The first-order valence-electron chi connectivity index (χ1n) is 7.90. The summed E-state index contributed by atoms with van der Waals surface area (Å²) >= 11 is 0.